The van der Waals surface area contributed by atoms with E-state index in [1.54, 1.807) is 4.90 Å². The molecule has 2 amide bonds. The first-order chi connectivity index (χ1) is 10.2. The van der Waals surface area contributed by atoms with Crippen LogP contribution in [0.25, 0.3) is 0 Å². The summed E-state index contributed by atoms with van der Waals surface area (Å²) in [5.74, 6) is 0.0823. The predicted molar refractivity (Wildman–Crippen MR) is 88.4 cm³/mol. The van der Waals surface area contributed by atoms with Crippen molar-refractivity contribution in [3.8, 4) is 0 Å². The minimum atomic E-state index is 0. The third kappa shape index (κ3) is 3.25. The highest BCUT2D eigenvalue weighted by Gasteiger charge is 2.29. The van der Waals surface area contributed by atoms with E-state index < -0.39 is 0 Å². The van der Waals surface area contributed by atoms with Crippen LogP contribution < -0.4 is 10.2 Å². The normalized spacial score (nSPS) is 21.1. The number of carbonyl (C=O) groups is 2. The number of fused-ring (bicyclic) bond motifs is 1. The summed E-state index contributed by atoms with van der Waals surface area (Å²) in [6.45, 7) is 4.54. The average Bonchev–Trinajstić information content (AvgIpc) is 2.50. The van der Waals surface area contributed by atoms with Crippen LogP contribution >= 0.6 is 12.4 Å². The van der Waals surface area contributed by atoms with Crippen LogP contribution in [0.2, 0.25) is 0 Å². The van der Waals surface area contributed by atoms with E-state index in [0.717, 1.165) is 30.8 Å². The van der Waals surface area contributed by atoms with Crippen molar-refractivity contribution >= 4 is 29.9 Å². The Balaban J connectivity index is 0.00000176. The molecular formula is C16H22ClN3O2. The van der Waals surface area contributed by atoms with E-state index in [1.165, 1.54) is 0 Å². The van der Waals surface area contributed by atoms with Crippen molar-refractivity contribution in [2.45, 2.75) is 25.8 Å². The maximum Gasteiger partial charge on any atom is 0.242 e. The molecule has 0 bridgehead atoms. The first-order valence-electron chi connectivity index (χ1n) is 7.55. The van der Waals surface area contributed by atoms with E-state index in [-0.39, 0.29) is 36.8 Å². The summed E-state index contributed by atoms with van der Waals surface area (Å²) >= 11 is 0. The molecule has 1 N–H and O–H groups in total. The first-order valence-corrected chi connectivity index (χ1v) is 7.55. The molecule has 1 atom stereocenters. The van der Waals surface area contributed by atoms with Crippen molar-refractivity contribution in [3.05, 3.63) is 29.8 Å². The molecule has 0 radical (unpaired) electrons. The summed E-state index contributed by atoms with van der Waals surface area (Å²) in [6, 6.07) is 8.05. The maximum absolute atomic E-state index is 12.5. The average molecular weight is 324 g/mol. The van der Waals surface area contributed by atoms with Crippen molar-refractivity contribution in [3.63, 3.8) is 0 Å². The van der Waals surface area contributed by atoms with Crippen LogP contribution in [0.15, 0.2) is 24.3 Å². The third-order valence-electron chi connectivity index (χ3n) is 4.31. The molecule has 3 rings (SSSR count). The highest BCUT2D eigenvalue weighted by molar-refractivity contribution is 6.01. The molecule has 1 aromatic rings. The summed E-state index contributed by atoms with van der Waals surface area (Å²) in [4.78, 5) is 28.3. The second-order valence-electron chi connectivity index (χ2n) is 5.75. The number of rotatable bonds is 2. The zero-order valence-corrected chi connectivity index (χ0v) is 13.6. The second kappa shape index (κ2) is 7.11. The largest absolute Gasteiger partial charge is 0.336 e. The summed E-state index contributed by atoms with van der Waals surface area (Å²) in [6.07, 6.45) is 1.26. The zero-order chi connectivity index (χ0) is 14.8. The van der Waals surface area contributed by atoms with Crippen LogP contribution in [0, 0.1) is 0 Å². The van der Waals surface area contributed by atoms with E-state index in [4.69, 9.17) is 0 Å². The highest BCUT2D eigenvalue weighted by Crippen LogP contribution is 2.27. The molecule has 22 heavy (non-hydrogen) atoms. The summed E-state index contributed by atoms with van der Waals surface area (Å²) < 4.78 is 0. The van der Waals surface area contributed by atoms with Crippen LogP contribution in [0.4, 0.5) is 5.69 Å². The van der Waals surface area contributed by atoms with Gasteiger partial charge in [-0.1, -0.05) is 18.2 Å². The van der Waals surface area contributed by atoms with E-state index in [2.05, 4.69) is 5.32 Å². The molecule has 0 spiro atoms. The topological polar surface area (TPSA) is 52.7 Å². The number of nitrogens with one attached hydrogen (secondary N) is 1. The maximum atomic E-state index is 12.5. The lowest BCUT2D eigenvalue weighted by Gasteiger charge is -2.36. The van der Waals surface area contributed by atoms with Gasteiger partial charge in [-0.25, -0.2) is 0 Å². The summed E-state index contributed by atoms with van der Waals surface area (Å²) in [7, 11) is 0. The Morgan fingerprint density at radius 1 is 1.32 bits per heavy atom. The SMILES string of the molecule is C[C@H]1CNCCN1C(=O)CN1C(=O)CCc2ccccc21.Cl. The molecule has 5 nitrogen and oxygen atoms in total. The molecule has 0 saturated carbocycles. The van der Waals surface area contributed by atoms with Crippen LogP contribution in [0.3, 0.4) is 0 Å². The Morgan fingerprint density at radius 3 is 2.86 bits per heavy atom. The number of halogens is 1. The van der Waals surface area contributed by atoms with Gasteiger partial charge in [-0.2, -0.15) is 0 Å². The molecule has 1 saturated heterocycles. The van der Waals surface area contributed by atoms with Gasteiger partial charge in [0.05, 0.1) is 0 Å². The molecule has 2 aliphatic rings. The Labute approximate surface area is 137 Å². The van der Waals surface area contributed by atoms with Gasteiger partial charge in [0.15, 0.2) is 0 Å². The first kappa shape index (κ1) is 16.8. The fraction of sp³-hybridized carbons (Fsp3) is 0.500. The van der Waals surface area contributed by atoms with Crippen molar-refractivity contribution in [2.24, 2.45) is 0 Å². The number of hydrogen-bond donors (Lipinski definition) is 1. The monoisotopic (exact) mass is 323 g/mol. The lowest BCUT2D eigenvalue weighted by atomic mass is 10.0. The van der Waals surface area contributed by atoms with Gasteiger partial charge in [0, 0.05) is 37.8 Å². The van der Waals surface area contributed by atoms with Gasteiger partial charge >= 0.3 is 0 Å². The van der Waals surface area contributed by atoms with Crippen LogP contribution in [-0.2, 0) is 16.0 Å². The quantitative estimate of drug-likeness (QED) is 0.890. The number of piperazine rings is 1. The van der Waals surface area contributed by atoms with Gasteiger partial charge < -0.3 is 15.1 Å². The number of benzene rings is 1. The van der Waals surface area contributed by atoms with E-state index in [9.17, 15) is 9.59 Å². The van der Waals surface area contributed by atoms with Gasteiger partial charge in [0.1, 0.15) is 6.54 Å². The van der Waals surface area contributed by atoms with Gasteiger partial charge in [0.25, 0.3) is 0 Å². The summed E-state index contributed by atoms with van der Waals surface area (Å²) in [5, 5.41) is 3.27. The van der Waals surface area contributed by atoms with Crippen LogP contribution in [0.5, 0.6) is 0 Å². The molecule has 0 aliphatic carbocycles. The highest BCUT2D eigenvalue weighted by atomic mass is 35.5. The molecule has 0 aromatic heterocycles. The molecule has 0 unspecified atom stereocenters. The number of nitrogens with zero attached hydrogens (tertiary/aromatic N) is 2. The number of amides is 2. The number of carbonyl (C=O) groups excluding carboxylic acids is 2. The van der Waals surface area contributed by atoms with Crippen LogP contribution in [0.1, 0.15) is 18.9 Å². The molecular weight excluding hydrogens is 302 g/mol. The molecule has 1 aromatic carbocycles. The fourth-order valence-corrected chi connectivity index (χ4v) is 3.11. The van der Waals surface area contributed by atoms with E-state index in [0.29, 0.717) is 13.0 Å². The van der Waals surface area contributed by atoms with Gasteiger partial charge in [-0.15, -0.1) is 12.4 Å². The Hall–Kier alpha value is -1.59. The Kier molecular flexibility index (Phi) is 5.42. The van der Waals surface area contributed by atoms with Crippen molar-refractivity contribution < 1.29 is 9.59 Å². The van der Waals surface area contributed by atoms with E-state index >= 15 is 0 Å². The smallest absolute Gasteiger partial charge is 0.242 e. The Bertz CT molecular complexity index is 564. The van der Waals surface area contributed by atoms with Gasteiger partial charge in [-0.05, 0) is 25.0 Å². The lowest BCUT2D eigenvalue weighted by molar-refractivity contribution is -0.134. The third-order valence-corrected chi connectivity index (χ3v) is 4.31. The van der Waals surface area contributed by atoms with Crippen molar-refractivity contribution in [2.75, 3.05) is 31.1 Å². The summed E-state index contributed by atoms with van der Waals surface area (Å²) in [5.41, 5.74) is 2.04. The number of hydrogen-bond acceptors (Lipinski definition) is 3. The van der Waals surface area contributed by atoms with Crippen molar-refractivity contribution in [1.29, 1.82) is 0 Å². The number of aryl methyl sites for hydroxylation is 1. The number of para-hydroxylation sites is 1. The predicted octanol–water partition coefficient (Wildman–Crippen LogP) is 1.21. The molecule has 2 heterocycles. The number of anilines is 1. The minimum Gasteiger partial charge on any atom is -0.336 e. The van der Waals surface area contributed by atoms with Crippen molar-refractivity contribution in [1.82, 2.24) is 10.2 Å². The minimum absolute atomic E-state index is 0. The van der Waals surface area contributed by atoms with Gasteiger partial charge in [0.2, 0.25) is 11.8 Å². The zero-order valence-electron chi connectivity index (χ0n) is 12.7. The van der Waals surface area contributed by atoms with Gasteiger partial charge in [-0.3, -0.25) is 9.59 Å². The molecule has 2 aliphatic heterocycles. The van der Waals surface area contributed by atoms with Crippen LogP contribution in [-0.4, -0.2) is 48.9 Å². The van der Waals surface area contributed by atoms with E-state index in [1.807, 2.05) is 36.1 Å². The molecule has 120 valence electrons. The Morgan fingerprint density at radius 2 is 2.09 bits per heavy atom. The molecule has 1 fully saturated rings. The fourth-order valence-electron chi connectivity index (χ4n) is 3.11. The standard InChI is InChI=1S/C16H21N3O2.ClH/c1-12-10-17-8-9-18(12)16(21)11-19-14-5-3-2-4-13(14)6-7-15(19)20;/h2-5,12,17H,6-11H2,1H3;1H/t12-;/m0./s1. The molecule has 6 heteroatoms. The lowest BCUT2D eigenvalue weighted by Crippen LogP contribution is -2.55. The second-order valence-corrected chi connectivity index (χ2v) is 5.75.